The lowest BCUT2D eigenvalue weighted by atomic mass is 10.3. The number of fused-ring (bicyclic) bond motifs is 1. The SMILES string of the molecule is COc1ccc(OCCn2c(=O)cnc3ccccc32)cc1. The third-order valence-electron chi connectivity index (χ3n) is 3.40. The second kappa shape index (κ2) is 6.30. The minimum atomic E-state index is -0.128. The number of benzene rings is 2. The first-order valence-corrected chi connectivity index (χ1v) is 6.99. The van der Waals surface area contributed by atoms with E-state index in [1.54, 1.807) is 11.7 Å². The van der Waals surface area contributed by atoms with Gasteiger partial charge in [-0.05, 0) is 36.4 Å². The van der Waals surface area contributed by atoms with Crippen molar-refractivity contribution >= 4 is 11.0 Å². The van der Waals surface area contributed by atoms with Gasteiger partial charge in [0.2, 0.25) is 0 Å². The van der Waals surface area contributed by atoms with Crippen molar-refractivity contribution < 1.29 is 9.47 Å². The van der Waals surface area contributed by atoms with Crippen LogP contribution >= 0.6 is 0 Å². The zero-order valence-corrected chi connectivity index (χ0v) is 12.2. The average Bonchev–Trinajstić information content (AvgIpc) is 2.57. The van der Waals surface area contributed by atoms with E-state index in [0.717, 1.165) is 22.5 Å². The van der Waals surface area contributed by atoms with Crippen LogP contribution in [-0.4, -0.2) is 23.3 Å². The van der Waals surface area contributed by atoms with Gasteiger partial charge in [-0.15, -0.1) is 0 Å². The number of methoxy groups -OCH3 is 1. The number of rotatable bonds is 5. The molecule has 1 aromatic heterocycles. The Hall–Kier alpha value is -2.82. The predicted molar refractivity (Wildman–Crippen MR) is 84.5 cm³/mol. The quantitative estimate of drug-likeness (QED) is 0.726. The van der Waals surface area contributed by atoms with E-state index in [1.807, 2.05) is 48.5 Å². The summed E-state index contributed by atoms with van der Waals surface area (Å²) in [6.45, 7) is 0.869. The smallest absolute Gasteiger partial charge is 0.269 e. The van der Waals surface area contributed by atoms with Crippen LogP contribution in [0.3, 0.4) is 0 Å². The Morgan fingerprint density at radius 2 is 1.77 bits per heavy atom. The highest BCUT2D eigenvalue weighted by atomic mass is 16.5. The number of hydrogen-bond acceptors (Lipinski definition) is 4. The van der Waals surface area contributed by atoms with Crippen molar-refractivity contribution in [3.63, 3.8) is 0 Å². The van der Waals surface area contributed by atoms with Gasteiger partial charge in [-0.3, -0.25) is 4.79 Å². The van der Waals surface area contributed by atoms with Gasteiger partial charge in [0.1, 0.15) is 18.1 Å². The van der Waals surface area contributed by atoms with E-state index < -0.39 is 0 Å². The summed E-state index contributed by atoms with van der Waals surface area (Å²) in [5.41, 5.74) is 1.48. The fraction of sp³-hybridized carbons (Fsp3) is 0.176. The molecule has 0 aliphatic heterocycles. The van der Waals surface area contributed by atoms with E-state index in [9.17, 15) is 4.79 Å². The first-order chi connectivity index (χ1) is 10.8. The Labute approximate surface area is 127 Å². The molecule has 0 aliphatic rings. The van der Waals surface area contributed by atoms with Crippen LogP contribution in [0.2, 0.25) is 0 Å². The average molecular weight is 296 g/mol. The molecule has 112 valence electrons. The number of hydrogen-bond donors (Lipinski definition) is 0. The van der Waals surface area contributed by atoms with Crippen LogP contribution in [0.4, 0.5) is 0 Å². The van der Waals surface area contributed by atoms with E-state index in [2.05, 4.69) is 4.98 Å². The Kier molecular flexibility index (Phi) is 4.05. The van der Waals surface area contributed by atoms with E-state index in [-0.39, 0.29) is 5.56 Å². The van der Waals surface area contributed by atoms with Gasteiger partial charge in [0.05, 0.1) is 30.9 Å². The third kappa shape index (κ3) is 2.93. The summed E-state index contributed by atoms with van der Waals surface area (Å²) >= 11 is 0. The number of para-hydroxylation sites is 2. The molecule has 0 unspecified atom stereocenters. The van der Waals surface area contributed by atoms with Crippen molar-refractivity contribution in [2.75, 3.05) is 13.7 Å². The van der Waals surface area contributed by atoms with Crippen LogP contribution in [0, 0.1) is 0 Å². The topological polar surface area (TPSA) is 53.4 Å². The van der Waals surface area contributed by atoms with Gasteiger partial charge in [0, 0.05) is 0 Å². The highest BCUT2D eigenvalue weighted by molar-refractivity contribution is 5.74. The second-order valence-corrected chi connectivity index (χ2v) is 4.76. The summed E-state index contributed by atoms with van der Waals surface area (Å²) in [6, 6.07) is 14.9. The van der Waals surface area contributed by atoms with Gasteiger partial charge in [-0.2, -0.15) is 0 Å². The van der Waals surface area contributed by atoms with Crippen LogP contribution in [0.1, 0.15) is 0 Å². The summed E-state index contributed by atoms with van der Waals surface area (Å²) in [4.78, 5) is 16.1. The Bertz CT molecular complexity index is 825. The van der Waals surface area contributed by atoms with Crippen LogP contribution < -0.4 is 15.0 Å². The second-order valence-electron chi connectivity index (χ2n) is 4.76. The maximum atomic E-state index is 12.0. The molecule has 0 fully saturated rings. The maximum absolute atomic E-state index is 12.0. The van der Waals surface area contributed by atoms with E-state index in [4.69, 9.17) is 9.47 Å². The number of aromatic nitrogens is 2. The van der Waals surface area contributed by atoms with Crippen molar-refractivity contribution in [3.8, 4) is 11.5 Å². The van der Waals surface area contributed by atoms with Crippen LogP contribution in [0.15, 0.2) is 59.5 Å². The molecule has 1 heterocycles. The van der Waals surface area contributed by atoms with E-state index in [1.165, 1.54) is 6.20 Å². The zero-order chi connectivity index (χ0) is 15.4. The van der Waals surface area contributed by atoms with Crippen LogP contribution in [-0.2, 0) is 6.54 Å². The minimum Gasteiger partial charge on any atom is -0.497 e. The summed E-state index contributed by atoms with van der Waals surface area (Å²) < 4.78 is 12.4. The molecule has 2 aromatic carbocycles. The number of ether oxygens (including phenoxy) is 2. The fourth-order valence-corrected chi connectivity index (χ4v) is 2.27. The molecule has 0 saturated carbocycles. The lowest BCUT2D eigenvalue weighted by molar-refractivity contribution is 0.298. The predicted octanol–water partition coefficient (Wildman–Crippen LogP) is 2.48. The molecule has 3 rings (SSSR count). The molecule has 22 heavy (non-hydrogen) atoms. The molecule has 0 aliphatic carbocycles. The maximum Gasteiger partial charge on any atom is 0.269 e. The Balaban J connectivity index is 1.73. The highest BCUT2D eigenvalue weighted by Crippen LogP contribution is 2.17. The summed E-state index contributed by atoms with van der Waals surface area (Å²) in [6.07, 6.45) is 1.34. The highest BCUT2D eigenvalue weighted by Gasteiger charge is 2.04. The number of nitrogens with zero attached hydrogens (tertiary/aromatic N) is 2. The monoisotopic (exact) mass is 296 g/mol. The molecule has 0 bridgehead atoms. The van der Waals surface area contributed by atoms with E-state index in [0.29, 0.717) is 13.2 Å². The third-order valence-corrected chi connectivity index (χ3v) is 3.40. The lowest BCUT2D eigenvalue weighted by Crippen LogP contribution is -2.23. The van der Waals surface area contributed by atoms with Crippen LogP contribution in [0.25, 0.3) is 11.0 Å². The first-order valence-electron chi connectivity index (χ1n) is 6.99. The molecule has 0 atom stereocenters. The first kappa shape index (κ1) is 14.1. The molecular formula is C17H16N2O3. The van der Waals surface area contributed by atoms with Gasteiger partial charge in [0.15, 0.2) is 0 Å². The van der Waals surface area contributed by atoms with Crippen molar-refractivity contribution in [2.24, 2.45) is 0 Å². The normalized spacial score (nSPS) is 10.6. The van der Waals surface area contributed by atoms with Gasteiger partial charge < -0.3 is 14.0 Å². The molecular weight excluding hydrogens is 280 g/mol. The van der Waals surface area contributed by atoms with Crippen LogP contribution in [0.5, 0.6) is 11.5 Å². The summed E-state index contributed by atoms with van der Waals surface area (Å²) in [7, 11) is 1.62. The molecule has 5 heteroatoms. The molecule has 0 amide bonds. The zero-order valence-electron chi connectivity index (χ0n) is 12.2. The van der Waals surface area contributed by atoms with Gasteiger partial charge >= 0.3 is 0 Å². The van der Waals surface area contributed by atoms with E-state index >= 15 is 0 Å². The molecule has 0 radical (unpaired) electrons. The molecule has 0 spiro atoms. The summed E-state index contributed by atoms with van der Waals surface area (Å²) in [5.74, 6) is 1.52. The lowest BCUT2D eigenvalue weighted by Gasteiger charge is -2.11. The molecule has 5 nitrogen and oxygen atoms in total. The van der Waals surface area contributed by atoms with Gasteiger partial charge in [-0.1, -0.05) is 12.1 Å². The van der Waals surface area contributed by atoms with Crippen molar-refractivity contribution in [3.05, 3.63) is 65.1 Å². The standard InChI is InChI=1S/C17H16N2O3/c1-21-13-6-8-14(9-7-13)22-11-10-19-16-5-3-2-4-15(16)18-12-17(19)20/h2-9,12H,10-11H2,1H3. The van der Waals surface area contributed by atoms with Crippen molar-refractivity contribution in [1.82, 2.24) is 9.55 Å². The van der Waals surface area contributed by atoms with Gasteiger partial charge in [0.25, 0.3) is 5.56 Å². The van der Waals surface area contributed by atoms with Crippen molar-refractivity contribution in [2.45, 2.75) is 6.54 Å². The minimum absolute atomic E-state index is 0.128. The Morgan fingerprint density at radius 1 is 1.05 bits per heavy atom. The summed E-state index contributed by atoms with van der Waals surface area (Å²) in [5, 5.41) is 0. The van der Waals surface area contributed by atoms with Crippen molar-refractivity contribution in [1.29, 1.82) is 0 Å². The fourth-order valence-electron chi connectivity index (χ4n) is 2.27. The molecule has 0 saturated heterocycles. The largest absolute Gasteiger partial charge is 0.497 e. The Morgan fingerprint density at radius 3 is 2.55 bits per heavy atom. The molecule has 0 N–H and O–H groups in total. The molecule has 3 aromatic rings. The van der Waals surface area contributed by atoms with Gasteiger partial charge in [-0.25, -0.2) is 4.98 Å².